The fraction of sp³-hybridized carbons (Fsp3) is 0.294. The molecule has 0 bridgehead atoms. The van der Waals surface area contributed by atoms with Gasteiger partial charge in [0.05, 0.1) is 12.1 Å². The standard InChI is InChI=1S/C17H14BrF3N2O2/c18-13-5-6-15(22-9-13)25-14-7-8-23(10-14)16(24)11-1-3-12(4-2-11)17(19,20)21/h1-6,9,14H,7-8,10H2. The number of hydrogen-bond donors (Lipinski definition) is 0. The topological polar surface area (TPSA) is 42.4 Å². The third-order valence-corrected chi connectivity index (χ3v) is 4.35. The second-order valence-electron chi connectivity index (χ2n) is 5.67. The van der Waals surface area contributed by atoms with E-state index in [1.807, 2.05) is 6.07 Å². The van der Waals surface area contributed by atoms with Gasteiger partial charge < -0.3 is 9.64 Å². The van der Waals surface area contributed by atoms with Gasteiger partial charge in [-0.15, -0.1) is 0 Å². The Morgan fingerprint density at radius 1 is 1.20 bits per heavy atom. The van der Waals surface area contributed by atoms with E-state index in [1.165, 1.54) is 12.1 Å². The van der Waals surface area contributed by atoms with Gasteiger partial charge in [0.15, 0.2) is 0 Å². The lowest BCUT2D eigenvalue weighted by atomic mass is 10.1. The van der Waals surface area contributed by atoms with E-state index in [0.29, 0.717) is 25.4 Å². The quantitative estimate of drug-likeness (QED) is 0.757. The third kappa shape index (κ3) is 4.31. The average molecular weight is 415 g/mol. The minimum Gasteiger partial charge on any atom is -0.472 e. The van der Waals surface area contributed by atoms with Crippen LogP contribution in [0.5, 0.6) is 5.88 Å². The number of hydrogen-bond acceptors (Lipinski definition) is 3. The molecule has 8 heteroatoms. The predicted octanol–water partition coefficient (Wildman–Crippen LogP) is 4.16. The first-order valence-corrected chi connectivity index (χ1v) is 8.37. The van der Waals surface area contributed by atoms with Crippen LogP contribution >= 0.6 is 15.9 Å². The highest BCUT2D eigenvalue weighted by Gasteiger charge is 2.32. The Kier molecular flexibility index (Phi) is 4.99. The van der Waals surface area contributed by atoms with Crippen LogP contribution in [0.3, 0.4) is 0 Å². The number of rotatable bonds is 3. The molecule has 1 atom stereocenters. The van der Waals surface area contributed by atoms with Crippen molar-refractivity contribution in [3.8, 4) is 5.88 Å². The van der Waals surface area contributed by atoms with Crippen molar-refractivity contribution in [3.05, 3.63) is 58.2 Å². The molecule has 132 valence electrons. The van der Waals surface area contributed by atoms with Gasteiger partial charge >= 0.3 is 6.18 Å². The SMILES string of the molecule is O=C(c1ccc(C(F)(F)F)cc1)N1CCC(Oc2ccc(Br)cn2)C1. The van der Waals surface area contributed by atoms with Crippen molar-refractivity contribution < 1.29 is 22.7 Å². The lowest BCUT2D eigenvalue weighted by molar-refractivity contribution is -0.137. The van der Waals surface area contributed by atoms with Crippen LogP contribution in [0, 0.1) is 0 Å². The molecule has 0 radical (unpaired) electrons. The summed E-state index contributed by atoms with van der Waals surface area (Å²) in [6.07, 6.45) is -2.34. The lowest BCUT2D eigenvalue weighted by Gasteiger charge is -2.17. The van der Waals surface area contributed by atoms with Crippen molar-refractivity contribution in [2.45, 2.75) is 18.7 Å². The molecule has 1 aliphatic heterocycles. The van der Waals surface area contributed by atoms with E-state index >= 15 is 0 Å². The molecule has 2 aromatic rings. The summed E-state index contributed by atoms with van der Waals surface area (Å²) < 4.78 is 44.3. The number of pyridine rings is 1. The Labute approximate surface area is 150 Å². The van der Waals surface area contributed by atoms with E-state index in [0.717, 1.165) is 16.6 Å². The summed E-state index contributed by atoms with van der Waals surface area (Å²) in [4.78, 5) is 18.1. The van der Waals surface area contributed by atoms with Gasteiger partial charge in [-0.25, -0.2) is 4.98 Å². The number of alkyl halides is 3. The summed E-state index contributed by atoms with van der Waals surface area (Å²) in [5.74, 6) is 0.167. The molecule has 3 rings (SSSR count). The Bertz CT molecular complexity index is 748. The van der Waals surface area contributed by atoms with Gasteiger partial charge in [-0.3, -0.25) is 4.79 Å². The molecular formula is C17H14BrF3N2O2. The summed E-state index contributed by atoms with van der Waals surface area (Å²) in [6.45, 7) is 0.860. The Morgan fingerprint density at radius 3 is 2.52 bits per heavy atom. The van der Waals surface area contributed by atoms with E-state index < -0.39 is 11.7 Å². The van der Waals surface area contributed by atoms with Crippen LogP contribution in [0.4, 0.5) is 13.2 Å². The number of benzene rings is 1. The number of carbonyl (C=O) groups excluding carboxylic acids is 1. The van der Waals surface area contributed by atoms with Crippen LogP contribution in [0.1, 0.15) is 22.3 Å². The minimum atomic E-state index is -4.41. The van der Waals surface area contributed by atoms with Gasteiger partial charge in [0.1, 0.15) is 6.10 Å². The molecule has 1 fully saturated rings. The molecule has 1 amide bonds. The first-order chi connectivity index (χ1) is 11.8. The van der Waals surface area contributed by atoms with Crippen molar-refractivity contribution in [3.63, 3.8) is 0 Å². The summed E-state index contributed by atoms with van der Waals surface area (Å²) >= 11 is 3.29. The Morgan fingerprint density at radius 2 is 1.92 bits per heavy atom. The summed E-state index contributed by atoms with van der Waals surface area (Å²) in [7, 11) is 0. The molecule has 25 heavy (non-hydrogen) atoms. The number of aromatic nitrogens is 1. The zero-order chi connectivity index (χ0) is 18.0. The van der Waals surface area contributed by atoms with Crippen LogP contribution in [0.2, 0.25) is 0 Å². The van der Waals surface area contributed by atoms with Gasteiger partial charge in [-0.2, -0.15) is 13.2 Å². The molecule has 1 saturated heterocycles. The van der Waals surface area contributed by atoms with Crippen LogP contribution in [0.25, 0.3) is 0 Å². The average Bonchev–Trinajstić information content (AvgIpc) is 3.04. The monoisotopic (exact) mass is 414 g/mol. The Balaban J connectivity index is 1.61. The molecule has 0 spiro atoms. The van der Waals surface area contributed by atoms with Crippen molar-refractivity contribution in [1.29, 1.82) is 0 Å². The number of likely N-dealkylation sites (tertiary alicyclic amines) is 1. The highest BCUT2D eigenvalue weighted by Crippen LogP contribution is 2.29. The normalized spacial score (nSPS) is 17.6. The molecule has 2 heterocycles. The summed E-state index contributed by atoms with van der Waals surface area (Å²) in [5, 5.41) is 0. The van der Waals surface area contributed by atoms with E-state index in [2.05, 4.69) is 20.9 Å². The van der Waals surface area contributed by atoms with Gasteiger partial charge in [-0.05, 0) is 46.3 Å². The third-order valence-electron chi connectivity index (χ3n) is 3.88. The molecular weight excluding hydrogens is 401 g/mol. The van der Waals surface area contributed by atoms with Crippen molar-refractivity contribution in [1.82, 2.24) is 9.88 Å². The van der Waals surface area contributed by atoms with Crippen LogP contribution in [0.15, 0.2) is 47.1 Å². The largest absolute Gasteiger partial charge is 0.472 e. The smallest absolute Gasteiger partial charge is 0.416 e. The zero-order valence-electron chi connectivity index (χ0n) is 13.0. The molecule has 1 aromatic carbocycles. The first kappa shape index (κ1) is 17.7. The fourth-order valence-corrected chi connectivity index (χ4v) is 2.83. The maximum absolute atomic E-state index is 12.6. The molecule has 4 nitrogen and oxygen atoms in total. The zero-order valence-corrected chi connectivity index (χ0v) is 14.5. The number of ether oxygens (including phenoxy) is 1. The highest BCUT2D eigenvalue weighted by molar-refractivity contribution is 9.10. The van der Waals surface area contributed by atoms with Crippen molar-refractivity contribution in [2.75, 3.05) is 13.1 Å². The van der Waals surface area contributed by atoms with E-state index in [9.17, 15) is 18.0 Å². The lowest BCUT2D eigenvalue weighted by Crippen LogP contribution is -2.31. The van der Waals surface area contributed by atoms with Gasteiger partial charge in [0.2, 0.25) is 5.88 Å². The fourth-order valence-electron chi connectivity index (χ4n) is 2.60. The second-order valence-corrected chi connectivity index (χ2v) is 6.59. The summed E-state index contributed by atoms with van der Waals surface area (Å²) in [5.41, 5.74) is -0.539. The molecule has 1 aliphatic rings. The summed E-state index contributed by atoms with van der Waals surface area (Å²) in [6, 6.07) is 7.78. The number of amides is 1. The molecule has 0 aliphatic carbocycles. The molecule has 1 aromatic heterocycles. The molecule has 1 unspecified atom stereocenters. The van der Waals surface area contributed by atoms with E-state index in [4.69, 9.17) is 4.74 Å². The first-order valence-electron chi connectivity index (χ1n) is 7.57. The molecule has 0 N–H and O–H groups in total. The van der Waals surface area contributed by atoms with Gasteiger partial charge in [-0.1, -0.05) is 0 Å². The van der Waals surface area contributed by atoms with E-state index in [1.54, 1.807) is 17.2 Å². The van der Waals surface area contributed by atoms with E-state index in [-0.39, 0.29) is 17.6 Å². The van der Waals surface area contributed by atoms with Crippen molar-refractivity contribution >= 4 is 21.8 Å². The Hall–Kier alpha value is -2.09. The van der Waals surface area contributed by atoms with Crippen molar-refractivity contribution in [2.24, 2.45) is 0 Å². The van der Waals surface area contributed by atoms with Gasteiger partial charge in [0, 0.05) is 35.3 Å². The number of halogens is 4. The van der Waals surface area contributed by atoms with Crippen LogP contribution in [-0.2, 0) is 6.18 Å². The maximum Gasteiger partial charge on any atom is 0.416 e. The van der Waals surface area contributed by atoms with Gasteiger partial charge in [0.25, 0.3) is 5.91 Å². The number of carbonyl (C=O) groups is 1. The predicted molar refractivity (Wildman–Crippen MR) is 88.3 cm³/mol. The second kappa shape index (κ2) is 7.03. The van der Waals surface area contributed by atoms with Crippen LogP contribution < -0.4 is 4.74 Å². The number of nitrogens with zero attached hydrogens (tertiary/aromatic N) is 2. The molecule has 0 saturated carbocycles. The highest BCUT2D eigenvalue weighted by atomic mass is 79.9. The maximum atomic E-state index is 12.6. The minimum absolute atomic E-state index is 0.188. The van der Waals surface area contributed by atoms with Crippen LogP contribution in [-0.4, -0.2) is 35.0 Å².